The zero-order valence-electron chi connectivity index (χ0n) is 15.1. The van der Waals surface area contributed by atoms with Crippen molar-refractivity contribution in [3.8, 4) is 0 Å². The van der Waals surface area contributed by atoms with Gasteiger partial charge in [-0.1, -0.05) is 6.07 Å². The number of carbonyl (C=O) groups excluding carboxylic acids is 1. The van der Waals surface area contributed by atoms with Crippen LogP contribution >= 0.6 is 0 Å². The van der Waals surface area contributed by atoms with Crippen LogP contribution in [0.4, 0.5) is 5.69 Å². The SMILES string of the molecule is Cc1cc(C(=O)NC(C)C)ccc1NCc1cc(=O)n2ccccc2n1. The molecule has 0 unspecified atom stereocenters. The Balaban J connectivity index is 1.76. The molecule has 2 N–H and O–H groups in total. The number of benzene rings is 1. The molecule has 134 valence electrons. The van der Waals surface area contributed by atoms with Crippen LogP contribution in [-0.4, -0.2) is 21.3 Å². The number of pyridine rings is 1. The quantitative estimate of drug-likeness (QED) is 0.742. The maximum atomic E-state index is 12.1. The maximum absolute atomic E-state index is 12.1. The summed E-state index contributed by atoms with van der Waals surface area (Å²) < 4.78 is 1.51. The number of nitrogens with one attached hydrogen (secondary N) is 2. The molecule has 2 heterocycles. The summed E-state index contributed by atoms with van der Waals surface area (Å²) in [6.07, 6.45) is 1.70. The van der Waals surface area contributed by atoms with Gasteiger partial charge in [0.2, 0.25) is 0 Å². The van der Waals surface area contributed by atoms with E-state index in [4.69, 9.17) is 0 Å². The van der Waals surface area contributed by atoms with Crippen molar-refractivity contribution in [1.82, 2.24) is 14.7 Å². The van der Waals surface area contributed by atoms with Crippen LogP contribution < -0.4 is 16.2 Å². The second kappa shape index (κ2) is 7.39. The van der Waals surface area contributed by atoms with Crippen LogP contribution in [0.2, 0.25) is 0 Å². The van der Waals surface area contributed by atoms with Crippen LogP contribution in [0.3, 0.4) is 0 Å². The molecular weight excluding hydrogens is 328 g/mol. The van der Waals surface area contributed by atoms with Crippen molar-refractivity contribution in [2.45, 2.75) is 33.4 Å². The second-order valence-corrected chi connectivity index (χ2v) is 6.53. The fraction of sp³-hybridized carbons (Fsp3) is 0.250. The van der Waals surface area contributed by atoms with Crippen molar-refractivity contribution in [2.75, 3.05) is 5.32 Å². The first-order chi connectivity index (χ1) is 12.4. The predicted molar refractivity (Wildman–Crippen MR) is 103 cm³/mol. The van der Waals surface area contributed by atoms with E-state index in [1.165, 1.54) is 10.5 Å². The number of rotatable bonds is 5. The lowest BCUT2D eigenvalue weighted by Gasteiger charge is -2.12. The van der Waals surface area contributed by atoms with E-state index >= 15 is 0 Å². The molecule has 0 bridgehead atoms. The average molecular weight is 350 g/mol. The number of anilines is 1. The van der Waals surface area contributed by atoms with E-state index in [0.717, 1.165) is 11.3 Å². The van der Waals surface area contributed by atoms with E-state index in [9.17, 15) is 9.59 Å². The summed E-state index contributed by atoms with van der Waals surface area (Å²) in [5, 5.41) is 6.17. The van der Waals surface area contributed by atoms with Crippen LogP contribution in [0.5, 0.6) is 0 Å². The standard InChI is InChI=1S/C20H22N4O2/c1-13(2)22-20(26)15-7-8-17(14(3)10-15)21-12-16-11-19(25)24-9-5-4-6-18(24)23-16/h4-11,13,21H,12H2,1-3H3,(H,22,26). The van der Waals surface area contributed by atoms with Crippen molar-refractivity contribution in [3.05, 3.63) is 75.8 Å². The van der Waals surface area contributed by atoms with E-state index in [1.807, 2.05) is 39.0 Å². The molecule has 2 aromatic heterocycles. The zero-order valence-corrected chi connectivity index (χ0v) is 15.1. The van der Waals surface area contributed by atoms with Crippen molar-refractivity contribution >= 4 is 17.2 Å². The van der Waals surface area contributed by atoms with Gasteiger partial charge in [0.25, 0.3) is 11.5 Å². The van der Waals surface area contributed by atoms with Gasteiger partial charge >= 0.3 is 0 Å². The molecule has 0 fully saturated rings. The van der Waals surface area contributed by atoms with Crippen molar-refractivity contribution < 1.29 is 4.79 Å². The minimum atomic E-state index is -0.107. The number of aromatic nitrogens is 2. The number of hydrogen-bond donors (Lipinski definition) is 2. The highest BCUT2D eigenvalue weighted by Crippen LogP contribution is 2.17. The van der Waals surface area contributed by atoms with E-state index in [1.54, 1.807) is 24.4 Å². The monoisotopic (exact) mass is 350 g/mol. The molecule has 1 aromatic carbocycles. The highest BCUT2D eigenvalue weighted by molar-refractivity contribution is 5.95. The lowest BCUT2D eigenvalue weighted by molar-refractivity contribution is 0.0943. The highest BCUT2D eigenvalue weighted by Gasteiger charge is 2.09. The summed E-state index contributed by atoms with van der Waals surface area (Å²) in [6.45, 7) is 6.23. The van der Waals surface area contributed by atoms with Crippen LogP contribution in [0, 0.1) is 6.92 Å². The second-order valence-electron chi connectivity index (χ2n) is 6.53. The fourth-order valence-corrected chi connectivity index (χ4v) is 2.73. The van der Waals surface area contributed by atoms with E-state index in [-0.39, 0.29) is 17.5 Å². The van der Waals surface area contributed by atoms with E-state index in [0.29, 0.717) is 23.4 Å². The third-order valence-electron chi connectivity index (χ3n) is 3.99. The third kappa shape index (κ3) is 3.91. The Bertz CT molecular complexity index is 1010. The first-order valence-corrected chi connectivity index (χ1v) is 8.57. The summed E-state index contributed by atoms with van der Waals surface area (Å²) in [5.74, 6) is -0.0844. The van der Waals surface area contributed by atoms with Crippen molar-refractivity contribution in [1.29, 1.82) is 0 Å². The molecular formula is C20H22N4O2. The summed E-state index contributed by atoms with van der Waals surface area (Å²) in [4.78, 5) is 28.7. The highest BCUT2D eigenvalue weighted by atomic mass is 16.1. The van der Waals surface area contributed by atoms with Crippen LogP contribution in [0.25, 0.3) is 5.65 Å². The molecule has 0 radical (unpaired) electrons. The molecule has 3 rings (SSSR count). The van der Waals surface area contributed by atoms with Gasteiger partial charge in [-0.15, -0.1) is 0 Å². The number of fused-ring (bicyclic) bond motifs is 1. The smallest absolute Gasteiger partial charge is 0.258 e. The topological polar surface area (TPSA) is 75.5 Å². The molecule has 3 aromatic rings. The number of amides is 1. The molecule has 0 aliphatic rings. The van der Waals surface area contributed by atoms with Crippen LogP contribution in [-0.2, 0) is 6.54 Å². The Morgan fingerprint density at radius 1 is 1.19 bits per heavy atom. The Morgan fingerprint density at radius 2 is 2.00 bits per heavy atom. The summed E-state index contributed by atoms with van der Waals surface area (Å²) >= 11 is 0. The first-order valence-electron chi connectivity index (χ1n) is 8.57. The van der Waals surface area contributed by atoms with Crippen molar-refractivity contribution in [3.63, 3.8) is 0 Å². The van der Waals surface area contributed by atoms with Gasteiger partial charge in [0.05, 0.1) is 12.2 Å². The van der Waals surface area contributed by atoms with Gasteiger partial charge in [-0.25, -0.2) is 4.98 Å². The Kier molecular flexibility index (Phi) is 5.02. The molecule has 1 amide bonds. The molecule has 0 aliphatic heterocycles. The van der Waals surface area contributed by atoms with Gasteiger partial charge in [0, 0.05) is 29.6 Å². The third-order valence-corrected chi connectivity index (χ3v) is 3.99. The molecule has 6 nitrogen and oxygen atoms in total. The molecule has 0 aliphatic carbocycles. The van der Waals surface area contributed by atoms with Gasteiger partial charge in [-0.05, 0) is 56.7 Å². The van der Waals surface area contributed by atoms with Gasteiger partial charge in [0.15, 0.2) is 0 Å². The maximum Gasteiger partial charge on any atom is 0.258 e. The normalized spacial score (nSPS) is 10.9. The Hall–Kier alpha value is -3.15. The summed E-state index contributed by atoms with van der Waals surface area (Å²) in [6, 6.07) is 12.6. The Morgan fingerprint density at radius 3 is 2.73 bits per heavy atom. The minimum absolute atomic E-state index is 0.0844. The summed E-state index contributed by atoms with van der Waals surface area (Å²) in [7, 11) is 0. The van der Waals surface area contributed by atoms with Gasteiger partial charge in [0.1, 0.15) is 5.65 Å². The van der Waals surface area contributed by atoms with E-state index < -0.39 is 0 Å². The van der Waals surface area contributed by atoms with Crippen molar-refractivity contribution in [2.24, 2.45) is 0 Å². The van der Waals surface area contributed by atoms with Gasteiger partial charge in [-0.2, -0.15) is 0 Å². The van der Waals surface area contributed by atoms with E-state index in [2.05, 4.69) is 15.6 Å². The van der Waals surface area contributed by atoms with Gasteiger partial charge in [-0.3, -0.25) is 14.0 Å². The van der Waals surface area contributed by atoms with Gasteiger partial charge < -0.3 is 10.6 Å². The predicted octanol–water partition coefficient (Wildman–Crippen LogP) is 2.75. The largest absolute Gasteiger partial charge is 0.379 e. The number of aryl methyl sites for hydroxylation is 1. The zero-order chi connectivity index (χ0) is 18.7. The van der Waals surface area contributed by atoms with Crippen LogP contribution in [0.1, 0.15) is 35.5 Å². The molecule has 0 atom stereocenters. The lowest BCUT2D eigenvalue weighted by atomic mass is 10.1. The lowest BCUT2D eigenvalue weighted by Crippen LogP contribution is -2.30. The average Bonchev–Trinajstić information content (AvgIpc) is 2.60. The molecule has 0 saturated carbocycles. The molecule has 0 spiro atoms. The number of carbonyl (C=O) groups is 1. The minimum Gasteiger partial charge on any atom is -0.379 e. The summed E-state index contributed by atoms with van der Waals surface area (Å²) in [5.41, 5.74) is 3.67. The fourth-order valence-electron chi connectivity index (χ4n) is 2.73. The Labute approximate surface area is 151 Å². The molecule has 26 heavy (non-hydrogen) atoms. The first kappa shape index (κ1) is 17.7. The van der Waals surface area contributed by atoms with Crippen LogP contribution in [0.15, 0.2) is 53.5 Å². The molecule has 0 saturated heterocycles. The molecule has 6 heteroatoms. The number of hydrogen-bond acceptors (Lipinski definition) is 4. The number of nitrogens with zero attached hydrogens (tertiary/aromatic N) is 2.